The zero-order chi connectivity index (χ0) is 21.8. The number of thiophene rings is 1. The summed E-state index contributed by atoms with van der Waals surface area (Å²) in [5, 5.41) is 14.7. The van der Waals surface area contributed by atoms with Crippen LogP contribution in [0.15, 0.2) is 48.0 Å². The van der Waals surface area contributed by atoms with Crippen LogP contribution in [0.2, 0.25) is 0 Å². The number of piperazine rings is 1. The van der Waals surface area contributed by atoms with Crippen molar-refractivity contribution in [2.24, 2.45) is 0 Å². The maximum absolute atomic E-state index is 12.9. The van der Waals surface area contributed by atoms with Gasteiger partial charge in [-0.3, -0.25) is 4.79 Å². The molecule has 1 aliphatic rings. The van der Waals surface area contributed by atoms with Gasteiger partial charge in [-0.15, -0.1) is 11.3 Å². The molecule has 0 aliphatic carbocycles. The van der Waals surface area contributed by atoms with Gasteiger partial charge in [0.25, 0.3) is 5.91 Å². The number of anilines is 2. The molecule has 8 heteroatoms. The smallest absolute Gasteiger partial charge is 0.254 e. The molecule has 1 aliphatic heterocycles. The second kappa shape index (κ2) is 9.55. The molecule has 1 unspecified atom stereocenters. The van der Waals surface area contributed by atoms with Gasteiger partial charge in [0.15, 0.2) is 0 Å². The number of hydrogen-bond donors (Lipinski definition) is 2. The van der Waals surface area contributed by atoms with Crippen molar-refractivity contribution in [1.82, 2.24) is 19.8 Å². The lowest BCUT2D eigenvalue weighted by Crippen LogP contribution is -2.48. The Morgan fingerprint density at radius 2 is 1.94 bits per heavy atom. The van der Waals surface area contributed by atoms with E-state index in [9.17, 15) is 9.90 Å². The highest BCUT2D eigenvalue weighted by Gasteiger charge is 2.22. The van der Waals surface area contributed by atoms with Crippen molar-refractivity contribution in [3.8, 4) is 10.6 Å². The third-order valence-electron chi connectivity index (χ3n) is 5.51. The summed E-state index contributed by atoms with van der Waals surface area (Å²) < 4.78 is 0. The van der Waals surface area contributed by atoms with Crippen molar-refractivity contribution >= 4 is 28.9 Å². The zero-order valence-electron chi connectivity index (χ0n) is 17.8. The molecule has 1 atom stereocenters. The number of carbonyl (C=O) groups excluding carboxylic acids is 1. The molecule has 31 heavy (non-hydrogen) atoms. The molecular weight excluding hydrogens is 410 g/mol. The highest BCUT2D eigenvalue weighted by molar-refractivity contribution is 7.13. The number of likely N-dealkylation sites (N-methyl/N-ethyl adjacent to an activating group) is 1. The fourth-order valence-corrected chi connectivity index (χ4v) is 4.41. The van der Waals surface area contributed by atoms with Gasteiger partial charge in [-0.25, -0.2) is 9.97 Å². The molecular formula is C23H27N5O2S. The van der Waals surface area contributed by atoms with Gasteiger partial charge in [0.1, 0.15) is 0 Å². The molecule has 2 N–H and O–H groups in total. The number of nitrogens with zero attached hydrogens (tertiary/aromatic N) is 4. The van der Waals surface area contributed by atoms with Crippen LogP contribution in [-0.2, 0) is 0 Å². The lowest BCUT2D eigenvalue weighted by Gasteiger charge is -2.33. The molecule has 0 saturated carbocycles. The molecule has 0 radical (unpaired) electrons. The number of aliphatic hydroxyl groups excluding tert-OH is 1. The predicted molar refractivity (Wildman–Crippen MR) is 124 cm³/mol. The summed E-state index contributed by atoms with van der Waals surface area (Å²) in [6.45, 7) is 8.31. The highest BCUT2D eigenvalue weighted by atomic mass is 32.1. The lowest BCUT2D eigenvalue weighted by molar-refractivity contribution is 0.0644. The van der Waals surface area contributed by atoms with Crippen LogP contribution in [0.1, 0.15) is 35.9 Å². The van der Waals surface area contributed by atoms with Gasteiger partial charge < -0.3 is 20.2 Å². The summed E-state index contributed by atoms with van der Waals surface area (Å²) >= 11 is 1.52. The highest BCUT2D eigenvalue weighted by Crippen LogP contribution is 2.28. The minimum absolute atomic E-state index is 0.0869. The number of benzene rings is 1. The molecule has 3 heterocycles. The number of amides is 1. The summed E-state index contributed by atoms with van der Waals surface area (Å²) in [6.07, 6.45) is 1.21. The summed E-state index contributed by atoms with van der Waals surface area (Å²) in [5.74, 6) is 0.572. The Bertz CT molecular complexity index is 1030. The quantitative estimate of drug-likeness (QED) is 0.611. The van der Waals surface area contributed by atoms with Gasteiger partial charge in [0.2, 0.25) is 5.95 Å². The van der Waals surface area contributed by atoms with Crippen molar-refractivity contribution in [3.05, 3.63) is 59.1 Å². The number of aromatic nitrogens is 2. The minimum atomic E-state index is -0.500. The summed E-state index contributed by atoms with van der Waals surface area (Å²) in [6, 6.07) is 11.3. The topological polar surface area (TPSA) is 81.6 Å². The van der Waals surface area contributed by atoms with Crippen LogP contribution < -0.4 is 5.32 Å². The van der Waals surface area contributed by atoms with Crippen molar-refractivity contribution in [2.45, 2.75) is 20.0 Å². The molecule has 2 aromatic heterocycles. The maximum atomic E-state index is 12.9. The van der Waals surface area contributed by atoms with Crippen LogP contribution in [-0.4, -0.2) is 63.5 Å². The summed E-state index contributed by atoms with van der Waals surface area (Å²) in [4.78, 5) is 27.0. The number of carbonyl (C=O) groups is 1. The van der Waals surface area contributed by atoms with Crippen LogP contribution in [0.4, 0.5) is 11.6 Å². The fraction of sp³-hybridized carbons (Fsp3) is 0.348. The fourth-order valence-electron chi connectivity index (χ4n) is 3.56. The first-order valence-corrected chi connectivity index (χ1v) is 11.4. The first-order valence-electron chi connectivity index (χ1n) is 10.5. The average molecular weight is 438 g/mol. The van der Waals surface area contributed by atoms with Crippen LogP contribution in [0, 0.1) is 0 Å². The van der Waals surface area contributed by atoms with Crippen LogP contribution in [0.5, 0.6) is 0 Å². The van der Waals surface area contributed by atoms with E-state index in [0.717, 1.165) is 54.5 Å². The largest absolute Gasteiger partial charge is 0.389 e. The van der Waals surface area contributed by atoms with Crippen molar-refractivity contribution in [3.63, 3.8) is 0 Å². The minimum Gasteiger partial charge on any atom is -0.389 e. The third kappa shape index (κ3) is 5.10. The molecule has 3 aromatic rings. The molecule has 162 valence electrons. The maximum Gasteiger partial charge on any atom is 0.254 e. The lowest BCUT2D eigenvalue weighted by atomic mass is 10.1. The van der Waals surface area contributed by atoms with Crippen LogP contribution >= 0.6 is 11.3 Å². The summed E-state index contributed by atoms with van der Waals surface area (Å²) in [7, 11) is 0. The van der Waals surface area contributed by atoms with Crippen molar-refractivity contribution in [2.75, 3.05) is 38.0 Å². The Morgan fingerprint density at radius 3 is 2.61 bits per heavy atom. The number of nitrogens with one attached hydrogen (secondary N) is 1. The number of rotatable bonds is 6. The second-order valence-corrected chi connectivity index (χ2v) is 8.53. The van der Waals surface area contributed by atoms with E-state index < -0.39 is 6.10 Å². The normalized spacial score (nSPS) is 15.6. The Hall–Kier alpha value is -2.81. The first-order chi connectivity index (χ1) is 15.0. The van der Waals surface area contributed by atoms with E-state index in [4.69, 9.17) is 0 Å². The molecule has 1 amide bonds. The van der Waals surface area contributed by atoms with E-state index in [1.54, 1.807) is 13.1 Å². The van der Waals surface area contributed by atoms with E-state index in [-0.39, 0.29) is 5.91 Å². The van der Waals surface area contributed by atoms with Crippen molar-refractivity contribution < 1.29 is 9.90 Å². The monoisotopic (exact) mass is 437 g/mol. The van der Waals surface area contributed by atoms with E-state index >= 15 is 0 Å². The van der Waals surface area contributed by atoms with Gasteiger partial charge in [0.05, 0.1) is 22.2 Å². The van der Waals surface area contributed by atoms with E-state index in [1.165, 1.54) is 11.3 Å². The van der Waals surface area contributed by atoms with E-state index in [1.807, 2.05) is 46.7 Å². The van der Waals surface area contributed by atoms with E-state index in [0.29, 0.717) is 11.5 Å². The molecule has 1 aromatic carbocycles. The van der Waals surface area contributed by atoms with Gasteiger partial charge in [-0.1, -0.05) is 19.1 Å². The standard InChI is InChI=1S/C23H27N5O2S/c1-3-27-10-12-28(13-11-27)22(30)18-14-21(31-15-18)20-8-9-24-23(26-20)25-19-6-4-17(5-7-19)16(2)29/h4-9,14-16,29H,3,10-13H2,1-2H3,(H,24,25,26). The SMILES string of the molecule is CCN1CCN(C(=O)c2csc(-c3ccnc(Nc4ccc(C(C)O)cc4)n3)c2)CC1. The van der Waals surface area contributed by atoms with Gasteiger partial charge in [-0.2, -0.15) is 0 Å². The summed E-state index contributed by atoms with van der Waals surface area (Å²) in [5.41, 5.74) is 3.19. The van der Waals surface area contributed by atoms with E-state index in [2.05, 4.69) is 27.1 Å². The predicted octanol–water partition coefficient (Wildman–Crippen LogP) is 3.78. The van der Waals surface area contributed by atoms with Crippen molar-refractivity contribution in [1.29, 1.82) is 0 Å². The third-order valence-corrected chi connectivity index (χ3v) is 6.46. The second-order valence-electron chi connectivity index (χ2n) is 7.61. The van der Waals surface area contributed by atoms with Crippen LogP contribution in [0.25, 0.3) is 10.6 Å². The first kappa shape index (κ1) is 21.4. The van der Waals surface area contributed by atoms with Gasteiger partial charge in [-0.05, 0) is 43.3 Å². The van der Waals surface area contributed by atoms with Crippen LogP contribution in [0.3, 0.4) is 0 Å². The molecule has 4 rings (SSSR count). The number of aliphatic hydroxyl groups is 1. The molecule has 1 saturated heterocycles. The molecule has 0 bridgehead atoms. The Labute approximate surface area is 186 Å². The molecule has 7 nitrogen and oxygen atoms in total. The van der Waals surface area contributed by atoms with Gasteiger partial charge >= 0.3 is 0 Å². The van der Waals surface area contributed by atoms with Gasteiger partial charge in [0, 0.05) is 43.4 Å². The molecule has 1 fully saturated rings. The zero-order valence-corrected chi connectivity index (χ0v) is 18.6. The number of hydrogen-bond acceptors (Lipinski definition) is 7. The molecule has 0 spiro atoms. The Balaban J connectivity index is 1.45. The Kier molecular flexibility index (Phi) is 6.60. The average Bonchev–Trinajstić information content (AvgIpc) is 3.30. The Morgan fingerprint density at radius 1 is 1.19 bits per heavy atom.